The Labute approximate surface area is 97.6 Å². The van der Waals surface area contributed by atoms with Gasteiger partial charge in [-0.05, 0) is 24.4 Å². The Balaban J connectivity index is 2.97. The van der Waals surface area contributed by atoms with Gasteiger partial charge in [-0.2, -0.15) is 5.01 Å². The summed E-state index contributed by atoms with van der Waals surface area (Å²) in [4.78, 5) is 0. The summed E-state index contributed by atoms with van der Waals surface area (Å²) < 4.78 is 0. The average Bonchev–Trinajstić information content (AvgIpc) is 2.30. The first-order chi connectivity index (χ1) is 7.65. The molecule has 1 aromatic rings. The second-order valence-corrected chi connectivity index (χ2v) is 3.06. The topological polar surface area (TPSA) is 116 Å². The van der Waals surface area contributed by atoms with Crippen molar-refractivity contribution in [3.63, 3.8) is 0 Å². The number of guanidine groups is 1. The van der Waals surface area contributed by atoms with E-state index in [2.05, 4.69) is 15.8 Å². The number of hydrazine groups is 1. The van der Waals surface area contributed by atoms with Crippen LogP contribution >= 0.6 is 12.2 Å². The molecule has 0 radical (unpaired) electrons. The summed E-state index contributed by atoms with van der Waals surface area (Å²) >= 11 is 4.94. The summed E-state index contributed by atoms with van der Waals surface area (Å²) in [5.41, 5.74) is 8.00. The minimum Gasteiger partial charge on any atom is -0.367 e. The van der Waals surface area contributed by atoms with Gasteiger partial charge in [-0.15, -0.1) is 0 Å². The molecular formula is C8H11N7S. The molecule has 0 saturated heterocycles. The molecule has 84 valence electrons. The van der Waals surface area contributed by atoms with E-state index in [1.54, 1.807) is 12.1 Å². The number of nitrogens with two attached hydrogens (primary N) is 2. The highest BCUT2D eigenvalue weighted by Gasteiger charge is 2.09. The monoisotopic (exact) mass is 237 g/mol. The van der Waals surface area contributed by atoms with Crippen LogP contribution in [0.5, 0.6) is 0 Å². The maximum absolute atomic E-state index is 6.94. The third kappa shape index (κ3) is 3.26. The number of anilines is 1. The van der Waals surface area contributed by atoms with E-state index >= 15 is 0 Å². The van der Waals surface area contributed by atoms with E-state index in [0.717, 1.165) is 0 Å². The number of thiocarbonyl (C=S) groups is 1. The van der Waals surface area contributed by atoms with Gasteiger partial charge in [-0.25, -0.2) is 5.84 Å². The fourth-order valence-corrected chi connectivity index (χ4v) is 1.07. The summed E-state index contributed by atoms with van der Waals surface area (Å²) in [6, 6.07) is 9.00. The maximum atomic E-state index is 6.94. The fourth-order valence-electron chi connectivity index (χ4n) is 0.933. The molecule has 0 atom stereocenters. The first-order valence-corrected chi connectivity index (χ1v) is 4.67. The second-order valence-electron chi connectivity index (χ2n) is 2.67. The van der Waals surface area contributed by atoms with E-state index in [0.29, 0.717) is 5.69 Å². The average molecular weight is 237 g/mol. The van der Waals surface area contributed by atoms with Crippen molar-refractivity contribution in [3.8, 4) is 0 Å². The van der Waals surface area contributed by atoms with Gasteiger partial charge in [0.25, 0.3) is 0 Å². The van der Waals surface area contributed by atoms with Crippen molar-refractivity contribution in [2.45, 2.75) is 0 Å². The lowest BCUT2D eigenvalue weighted by Gasteiger charge is -2.16. The summed E-state index contributed by atoms with van der Waals surface area (Å²) in [6.07, 6.45) is 0. The Morgan fingerprint density at radius 1 is 1.38 bits per heavy atom. The molecule has 0 unspecified atom stereocenters. The number of hydrogen-bond donors (Lipinski definition) is 4. The SMILES string of the molecule is N=C(N)N=NN(C(=S)NN)c1ccccc1. The van der Waals surface area contributed by atoms with Crippen LogP contribution in [0.3, 0.4) is 0 Å². The molecule has 6 N–H and O–H groups in total. The van der Waals surface area contributed by atoms with Gasteiger partial charge in [0.2, 0.25) is 11.1 Å². The van der Waals surface area contributed by atoms with Crippen LogP contribution in [-0.4, -0.2) is 11.1 Å². The second kappa shape index (κ2) is 5.73. The summed E-state index contributed by atoms with van der Waals surface area (Å²) in [5, 5.41) is 15.4. The highest BCUT2D eigenvalue weighted by Crippen LogP contribution is 2.13. The largest absolute Gasteiger partial charge is 0.367 e. The molecule has 1 aromatic carbocycles. The molecule has 7 nitrogen and oxygen atoms in total. The van der Waals surface area contributed by atoms with Gasteiger partial charge < -0.3 is 5.73 Å². The smallest absolute Gasteiger partial charge is 0.234 e. The number of nitrogens with zero attached hydrogens (tertiary/aromatic N) is 3. The number of benzene rings is 1. The van der Waals surface area contributed by atoms with Crippen LogP contribution in [0.15, 0.2) is 40.7 Å². The predicted molar refractivity (Wildman–Crippen MR) is 65.6 cm³/mol. The van der Waals surface area contributed by atoms with Crippen LogP contribution in [0.1, 0.15) is 0 Å². The lowest BCUT2D eigenvalue weighted by Crippen LogP contribution is -2.40. The molecule has 1 rings (SSSR count). The van der Waals surface area contributed by atoms with Crippen LogP contribution in [-0.2, 0) is 0 Å². The lowest BCUT2D eigenvalue weighted by atomic mass is 10.3. The molecule has 0 bridgehead atoms. The molecule has 0 aliphatic heterocycles. The van der Waals surface area contributed by atoms with Crippen LogP contribution in [0.2, 0.25) is 0 Å². The van der Waals surface area contributed by atoms with E-state index in [1.165, 1.54) is 5.01 Å². The van der Waals surface area contributed by atoms with E-state index < -0.39 is 5.96 Å². The minimum absolute atomic E-state index is 0.149. The quantitative estimate of drug-likeness (QED) is 0.149. The highest BCUT2D eigenvalue weighted by molar-refractivity contribution is 7.80. The maximum Gasteiger partial charge on any atom is 0.234 e. The Hall–Kier alpha value is -2.06. The molecule has 0 spiro atoms. The Morgan fingerprint density at radius 3 is 2.50 bits per heavy atom. The van der Waals surface area contributed by atoms with Crippen LogP contribution in [0, 0.1) is 5.41 Å². The number of nitrogens with one attached hydrogen (secondary N) is 2. The summed E-state index contributed by atoms with van der Waals surface area (Å²) in [7, 11) is 0. The Kier molecular flexibility index (Phi) is 4.30. The highest BCUT2D eigenvalue weighted by atomic mass is 32.1. The molecule has 0 amide bonds. The van der Waals surface area contributed by atoms with Gasteiger partial charge in [0, 0.05) is 0 Å². The van der Waals surface area contributed by atoms with Crippen molar-refractivity contribution in [2.24, 2.45) is 21.9 Å². The molecule has 0 saturated carbocycles. The van der Waals surface area contributed by atoms with Gasteiger partial charge in [0.05, 0.1) is 5.69 Å². The third-order valence-corrected chi connectivity index (χ3v) is 1.85. The van der Waals surface area contributed by atoms with Crippen molar-refractivity contribution in [1.82, 2.24) is 5.43 Å². The van der Waals surface area contributed by atoms with E-state index in [-0.39, 0.29) is 5.11 Å². The van der Waals surface area contributed by atoms with Crippen LogP contribution in [0.25, 0.3) is 0 Å². The number of rotatable bonds is 2. The van der Waals surface area contributed by atoms with Crippen molar-refractivity contribution in [2.75, 3.05) is 5.01 Å². The molecule has 16 heavy (non-hydrogen) atoms. The third-order valence-electron chi connectivity index (χ3n) is 1.56. The number of para-hydroxylation sites is 1. The molecule has 0 heterocycles. The zero-order valence-electron chi connectivity index (χ0n) is 8.29. The lowest BCUT2D eigenvalue weighted by molar-refractivity contribution is 0.938. The minimum atomic E-state index is -0.416. The summed E-state index contributed by atoms with van der Waals surface area (Å²) in [6.45, 7) is 0. The Morgan fingerprint density at radius 2 is 2.00 bits per heavy atom. The van der Waals surface area contributed by atoms with Crippen molar-refractivity contribution in [3.05, 3.63) is 30.3 Å². The van der Waals surface area contributed by atoms with E-state index in [4.69, 9.17) is 29.2 Å². The van der Waals surface area contributed by atoms with Gasteiger partial charge >= 0.3 is 0 Å². The molecule has 0 aromatic heterocycles. The zero-order valence-corrected chi connectivity index (χ0v) is 9.11. The molecule has 0 aliphatic rings. The van der Waals surface area contributed by atoms with Gasteiger partial charge in [-0.3, -0.25) is 10.8 Å². The first kappa shape index (κ1) is 12.0. The van der Waals surface area contributed by atoms with E-state index in [9.17, 15) is 0 Å². The molecule has 8 heteroatoms. The number of hydrogen-bond acceptors (Lipinski definition) is 4. The van der Waals surface area contributed by atoms with Crippen LogP contribution in [0.4, 0.5) is 5.69 Å². The normalized spacial score (nSPS) is 10.1. The zero-order chi connectivity index (χ0) is 12.0. The van der Waals surface area contributed by atoms with Crippen LogP contribution < -0.4 is 22.0 Å². The molecule has 0 aliphatic carbocycles. The summed E-state index contributed by atoms with van der Waals surface area (Å²) in [5.74, 6) is 4.78. The predicted octanol–water partition coefficient (Wildman–Crippen LogP) is 0.502. The van der Waals surface area contributed by atoms with Gasteiger partial charge in [-0.1, -0.05) is 28.5 Å². The van der Waals surface area contributed by atoms with Gasteiger partial charge in [0.1, 0.15) is 0 Å². The molecule has 0 fully saturated rings. The molecular weight excluding hydrogens is 226 g/mol. The first-order valence-electron chi connectivity index (χ1n) is 4.26. The van der Waals surface area contributed by atoms with Gasteiger partial charge in [0.15, 0.2) is 0 Å². The Bertz CT molecular complexity index is 402. The fraction of sp³-hybridized carbons (Fsp3) is 0. The van der Waals surface area contributed by atoms with E-state index in [1.807, 2.05) is 18.2 Å². The van der Waals surface area contributed by atoms with Crippen molar-refractivity contribution in [1.29, 1.82) is 5.41 Å². The van der Waals surface area contributed by atoms with Crippen molar-refractivity contribution < 1.29 is 0 Å². The van der Waals surface area contributed by atoms with Crippen molar-refractivity contribution >= 4 is 29.0 Å². The standard InChI is InChI=1S/C8H11N7S/c9-7(10)13-14-15(8(16)12-11)6-4-2-1-3-5-6/h1-5H,11H2,(H3,9,10)(H,12,16).